The summed E-state index contributed by atoms with van der Waals surface area (Å²) in [5.41, 5.74) is 0.280. The fraction of sp³-hybridized carbons (Fsp3) is 0.600. The van der Waals surface area contributed by atoms with E-state index in [0.29, 0.717) is 18.5 Å². The van der Waals surface area contributed by atoms with Crippen LogP contribution in [0.1, 0.15) is 45.6 Å². The van der Waals surface area contributed by atoms with Crippen molar-refractivity contribution in [3.8, 4) is 0 Å². The van der Waals surface area contributed by atoms with Gasteiger partial charge in [-0.15, -0.1) is 24.0 Å². The number of likely N-dealkylation sites (tertiary alicyclic amines) is 1. The zero-order valence-electron chi connectivity index (χ0n) is 16.6. The van der Waals surface area contributed by atoms with Gasteiger partial charge in [-0.05, 0) is 31.4 Å². The second-order valence-corrected chi connectivity index (χ2v) is 7.32. The van der Waals surface area contributed by atoms with E-state index >= 15 is 0 Å². The maximum atomic E-state index is 14.1. The molecule has 1 aromatic carbocycles. The minimum absolute atomic E-state index is 0. The summed E-state index contributed by atoms with van der Waals surface area (Å²) in [6.07, 6.45) is 2.54. The largest absolute Gasteiger partial charge is 0.357 e. The lowest BCUT2D eigenvalue weighted by Gasteiger charge is -2.24. The lowest BCUT2D eigenvalue weighted by molar-refractivity contribution is -0.127. The van der Waals surface area contributed by atoms with Crippen LogP contribution in [0, 0.1) is 5.82 Å². The van der Waals surface area contributed by atoms with Crippen molar-refractivity contribution < 1.29 is 9.18 Å². The van der Waals surface area contributed by atoms with Crippen LogP contribution in [0.3, 0.4) is 0 Å². The van der Waals surface area contributed by atoms with E-state index in [0.717, 1.165) is 45.0 Å². The Balaban J connectivity index is 0.00000364. The highest BCUT2D eigenvalue weighted by molar-refractivity contribution is 14.0. The second-order valence-electron chi connectivity index (χ2n) is 7.32. The fourth-order valence-electron chi connectivity index (χ4n) is 3.13. The van der Waals surface area contributed by atoms with Crippen LogP contribution in [0.2, 0.25) is 0 Å². The molecule has 27 heavy (non-hydrogen) atoms. The molecule has 2 rings (SSSR count). The van der Waals surface area contributed by atoms with Crippen molar-refractivity contribution in [1.29, 1.82) is 0 Å². The Bertz CT molecular complexity index is 636. The van der Waals surface area contributed by atoms with Crippen LogP contribution in [-0.4, -0.2) is 49.5 Å². The van der Waals surface area contributed by atoms with Gasteiger partial charge in [0.25, 0.3) is 0 Å². The summed E-state index contributed by atoms with van der Waals surface area (Å²) in [5.74, 6) is 0.794. The zero-order chi connectivity index (χ0) is 19.0. The molecule has 152 valence electrons. The number of carbonyl (C=O) groups excluding carboxylic acids is 1. The number of halogens is 2. The highest BCUT2D eigenvalue weighted by atomic mass is 127. The third-order valence-corrected chi connectivity index (χ3v) is 4.65. The number of guanidine groups is 1. The van der Waals surface area contributed by atoms with E-state index in [4.69, 9.17) is 0 Å². The molecule has 0 unspecified atom stereocenters. The van der Waals surface area contributed by atoms with Crippen LogP contribution < -0.4 is 10.6 Å². The summed E-state index contributed by atoms with van der Waals surface area (Å²) in [7, 11) is 0. The standard InChI is InChI=1S/C20H31FN4O.HI/c1-4-22-19(23-12-8-14-25-13-7-11-18(25)26)24-15-20(2,3)16-9-5-6-10-17(16)21;/h5-6,9-10H,4,7-8,11-15H2,1-3H3,(H2,22,23,24);1H. The van der Waals surface area contributed by atoms with Crippen LogP contribution in [0.25, 0.3) is 0 Å². The number of nitrogens with one attached hydrogen (secondary N) is 2. The first-order chi connectivity index (χ1) is 12.4. The summed E-state index contributed by atoms with van der Waals surface area (Å²) in [5, 5.41) is 6.53. The predicted octanol–water partition coefficient (Wildman–Crippen LogP) is 3.29. The molecule has 0 bridgehead atoms. The van der Waals surface area contributed by atoms with E-state index in [9.17, 15) is 9.18 Å². The average molecular weight is 490 g/mol. The molecule has 0 aromatic heterocycles. The van der Waals surface area contributed by atoms with Gasteiger partial charge >= 0.3 is 0 Å². The minimum atomic E-state index is -0.393. The first-order valence-corrected chi connectivity index (χ1v) is 9.49. The molecule has 0 atom stereocenters. The molecule has 2 N–H and O–H groups in total. The van der Waals surface area contributed by atoms with Gasteiger partial charge in [0, 0.05) is 38.0 Å². The van der Waals surface area contributed by atoms with E-state index in [2.05, 4.69) is 15.6 Å². The number of nitrogens with zero attached hydrogens (tertiary/aromatic N) is 2. The van der Waals surface area contributed by atoms with Crippen molar-refractivity contribution in [2.24, 2.45) is 4.99 Å². The summed E-state index contributed by atoms with van der Waals surface area (Å²) in [6.45, 7) is 9.66. The van der Waals surface area contributed by atoms with Crippen molar-refractivity contribution in [2.45, 2.75) is 45.4 Å². The number of benzene rings is 1. The molecule has 1 aromatic rings. The zero-order valence-corrected chi connectivity index (χ0v) is 18.9. The Hall–Kier alpha value is -1.38. The first kappa shape index (κ1) is 23.7. The lowest BCUT2D eigenvalue weighted by Crippen LogP contribution is -2.40. The predicted molar refractivity (Wildman–Crippen MR) is 119 cm³/mol. The first-order valence-electron chi connectivity index (χ1n) is 9.49. The number of carbonyl (C=O) groups is 1. The van der Waals surface area contributed by atoms with Gasteiger partial charge in [0.1, 0.15) is 5.82 Å². The van der Waals surface area contributed by atoms with Crippen LogP contribution >= 0.6 is 24.0 Å². The third kappa shape index (κ3) is 7.27. The quantitative estimate of drug-likeness (QED) is 0.255. The van der Waals surface area contributed by atoms with E-state index in [1.165, 1.54) is 6.07 Å². The minimum Gasteiger partial charge on any atom is -0.357 e. The Morgan fingerprint density at radius 1 is 1.30 bits per heavy atom. The second kappa shape index (κ2) is 11.5. The monoisotopic (exact) mass is 490 g/mol. The van der Waals surface area contributed by atoms with Gasteiger partial charge in [0.2, 0.25) is 5.91 Å². The van der Waals surface area contributed by atoms with Crippen molar-refractivity contribution in [2.75, 3.05) is 32.7 Å². The Kier molecular flexibility index (Phi) is 10.0. The number of hydrogen-bond acceptors (Lipinski definition) is 2. The molecule has 7 heteroatoms. The van der Waals surface area contributed by atoms with Gasteiger partial charge < -0.3 is 15.5 Å². The SMILES string of the molecule is CCNC(=NCC(C)(C)c1ccccc1F)NCCCN1CCCC1=O.I. The summed E-state index contributed by atoms with van der Waals surface area (Å²) < 4.78 is 14.1. The molecule has 1 aliphatic rings. The maximum Gasteiger partial charge on any atom is 0.222 e. The van der Waals surface area contributed by atoms with Crippen molar-refractivity contribution >= 4 is 35.8 Å². The van der Waals surface area contributed by atoms with Gasteiger partial charge in [-0.1, -0.05) is 32.0 Å². The van der Waals surface area contributed by atoms with Gasteiger partial charge in [-0.2, -0.15) is 0 Å². The van der Waals surface area contributed by atoms with Crippen LogP contribution in [0.4, 0.5) is 4.39 Å². The number of rotatable bonds is 8. The van der Waals surface area contributed by atoms with Gasteiger partial charge in [0.05, 0.1) is 6.54 Å². The molecule has 5 nitrogen and oxygen atoms in total. The fourth-order valence-corrected chi connectivity index (χ4v) is 3.13. The molecule has 0 spiro atoms. The van der Waals surface area contributed by atoms with Crippen LogP contribution in [0.15, 0.2) is 29.3 Å². The van der Waals surface area contributed by atoms with Gasteiger partial charge in [-0.25, -0.2) is 4.39 Å². The Labute approximate surface area is 179 Å². The molecular weight excluding hydrogens is 458 g/mol. The summed E-state index contributed by atoms with van der Waals surface area (Å²) in [4.78, 5) is 18.2. The molecule has 1 amide bonds. The molecule has 0 radical (unpaired) electrons. The Morgan fingerprint density at radius 3 is 2.67 bits per heavy atom. The summed E-state index contributed by atoms with van der Waals surface area (Å²) in [6, 6.07) is 6.87. The van der Waals surface area contributed by atoms with E-state index in [1.54, 1.807) is 6.07 Å². The molecule has 0 aliphatic carbocycles. The molecule has 0 saturated carbocycles. The average Bonchev–Trinajstić information content (AvgIpc) is 3.01. The number of amides is 1. The van der Waals surface area contributed by atoms with Crippen molar-refractivity contribution in [3.05, 3.63) is 35.6 Å². The van der Waals surface area contributed by atoms with E-state index < -0.39 is 5.41 Å². The van der Waals surface area contributed by atoms with E-state index in [-0.39, 0.29) is 35.7 Å². The van der Waals surface area contributed by atoms with Gasteiger partial charge in [-0.3, -0.25) is 9.79 Å². The molecular formula is C20H32FIN4O. The van der Waals surface area contributed by atoms with Crippen LogP contribution in [0.5, 0.6) is 0 Å². The smallest absolute Gasteiger partial charge is 0.222 e. The maximum absolute atomic E-state index is 14.1. The molecule has 1 aliphatic heterocycles. The lowest BCUT2D eigenvalue weighted by atomic mass is 9.84. The van der Waals surface area contributed by atoms with Crippen molar-refractivity contribution in [3.63, 3.8) is 0 Å². The third-order valence-electron chi connectivity index (χ3n) is 4.65. The van der Waals surface area contributed by atoms with Gasteiger partial charge in [0.15, 0.2) is 5.96 Å². The molecule has 1 heterocycles. The molecule has 1 saturated heterocycles. The van der Waals surface area contributed by atoms with Crippen molar-refractivity contribution in [1.82, 2.24) is 15.5 Å². The highest BCUT2D eigenvalue weighted by Gasteiger charge is 2.24. The normalized spacial score (nSPS) is 14.9. The number of hydrogen-bond donors (Lipinski definition) is 2. The highest BCUT2D eigenvalue weighted by Crippen LogP contribution is 2.25. The summed E-state index contributed by atoms with van der Waals surface area (Å²) >= 11 is 0. The van der Waals surface area contributed by atoms with E-state index in [1.807, 2.05) is 37.8 Å². The Morgan fingerprint density at radius 2 is 2.04 bits per heavy atom. The topological polar surface area (TPSA) is 56.7 Å². The number of aliphatic imine (C=N–C) groups is 1. The van der Waals surface area contributed by atoms with Crippen LogP contribution in [-0.2, 0) is 10.2 Å². The molecule has 1 fully saturated rings.